The van der Waals surface area contributed by atoms with Crippen molar-refractivity contribution in [3.05, 3.63) is 35.4 Å². The van der Waals surface area contributed by atoms with Crippen LogP contribution in [0.4, 0.5) is 0 Å². The summed E-state index contributed by atoms with van der Waals surface area (Å²) in [7, 11) is 0. The van der Waals surface area contributed by atoms with Crippen molar-refractivity contribution >= 4 is 11.8 Å². The van der Waals surface area contributed by atoms with Crippen molar-refractivity contribution in [3.8, 4) is 0 Å². The molecule has 0 aromatic heterocycles. The van der Waals surface area contributed by atoms with Gasteiger partial charge >= 0.3 is 0 Å². The van der Waals surface area contributed by atoms with E-state index in [1.807, 2.05) is 17.0 Å². The molecule has 1 heterocycles. The van der Waals surface area contributed by atoms with E-state index < -0.39 is 0 Å². The Labute approximate surface area is 144 Å². The van der Waals surface area contributed by atoms with Gasteiger partial charge in [0.15, 0.2) is 0 Å². The zero-order valence-electron chi connectivity index (χ0n) is 14.5. The predicted molar refractivity (Wildman–Crippen MR) is 93.7 cm³/mol. The van der Waals surface area contributed by atoms with Crippen LogP contribution in [-0.4, -0.2) is 60.4 Å². The van der Waals surface area contributed by atoms with Crippen LogP contribution < -0.4 is 5.32 Å². The third-order valence-corrected chi connectivity index (χ3v) is 4.90. The lowest BCUT2D eigenvalue weighted by Gasteiger charge is -2.34. The molecule has 0 unspecified atom stereocenters. The summed E-state index contributed by atoms with van der Waals surface area (Å²) in [5.74, 6) is 0.345. The molecule has 2 aliphatic rings. The van der Waals surface area contributed by atoms with E-state index in [-0.39, 0.29) is 11.8 Å². The molecule has 130 valence electrons. The minimum absolute atomic E-state index is 0.122. The standard InChI is InChI=1S/C19H27N3O2/c1-15-4-2-3-5-16(15)6-9-19(24)22-12-10-21(11-13-22)14-18(23)20-17-7-8-17/h2-5,17H,6-14H2,1H3,(H,20,23). The van der Waals surface area contributed by atoms with Crippen molar-refractivity contribution in [1.82, 2.24) is 15.1 Å². The van der Waals surface area contributed by atoms with Crippen LogP contribution >= 0.6 is 0 Å². The first-order chi connectivity index (χ1) is 11.6. The van der Waals surface area contributed by atoms with Crippen LogP contribution in [0.1, 0.15) is 30.4 Å². The number of nitrogens with zero attached hydrogens (tertiary/aromatic N) is 2. The van der Waals surface area contributed by atoms with Crippen molar-refractivity contribution in [1.29, 1.82) is 0 Å². The highest BCUT2D eigenvalue weighted by Gasteiger charge is 2.26. The fourth-order valence-electron chi connectivity index (χ4n) is 3.15. The van der Waals surface area contributed by atoms with Crippen LogP contribution in [0.15, 0.2) is 24.3 Å². The SMILES string of the molecule is Cc1ccccc1CCC(=O)N1CCN(CC(=O)NC2CC2)CC1. The lowest BCUT2D eigenvalue weighted by atomic mass is 10.0. The maximum atomic E-state index is 12.4. The van der Waals surface area contributed by atoms with Crippen molar-refractivity contribution in [3.63, 3.8) is 0 Å². The number of nitrogens with one attached hydrogen (secondary N) is 1. The summed E-state index contributed by atoms with van der Waals surface area (Å²) in [5, 5.41) is 3.02. The van der Waals surface area contributed by atoms with Gasteiger partial charge in [0.25, 0.3) is 0 Å². The molecule has 2 fully saturated rings. The molecule has 24 heavy (non-hydrogen) atoms. The van der Waals surface area contributed by atoms with E-state index in [0.717, 1.165) is 45.4 Å². The van der Waals surface area contributed by atoms with Crippen LogP contribution in [0.2, 0.25) is 0 Å². The Bertz CT molecular complexity index is 590. The summed E-state index contributed by atoms with van der Waals surface area (Å²) in [6, 6.07) is 8.66. The van der Waals surface area contributed by atoms with E-state index in [2.05, 4.69) is 29.3 Å². The topological polar surface area (TPSA) is 52.7 Å². The van der Waals surface area contributed by atoms with Crippen molar-refractivity contribution in [2.45, 2.75) is 38.6 Å². The summed E-state index contributed by atoms with van der Waals surface area (Å²) < 4.78 is 0. The number of benzene rings is 1. The van der Waals surface area contributed by atoms with Gasteiger partial charge in [0, 0.05) is 38.6 Å². The molecule has 0 spiro atoms. The molecule has 1 aliphatic carbocycles. The molecule has 0 bridgehead atoms. The van der Waals surface area contributed by atoms with Crippen LogP contribution in [0.3, 0.4) is 0 Å². The Kier molecular flexibility index (Phi) is 5.51. The first-order valence-corrected chi connectivity index (χ1v) is 8.96. The Morgan fingerprint density at radius 3 is 2.50 bits per heavy atom. The highest BCUT2D eigenvalue weighted by Crippen LogP contribution is 2.18. The van der Waals surface area contributed by atoms with Gasteiger partial charge in [0.2, 0.25) is 11.8 Å². The number of rotatable bonds is 6. The molecule has 0 atom stereocenters. The van der Waals surface area contributed by atoms with Gasteiger partial charge < -0.3 is 10.2 Å². The quantitative estimate of drug-likeness (QED) is 0.857. The minimum atomic E-state index is 0.122. The Balaban J connectivity index is 1.38. The monoisotopic (exact) mass is 329 g/mol. The first-order valence-electron chi connectivity index (χ1n) is 8.96. The Morgan fingerprint density at radius 1 is 1.12 bits per heavy atom. The third-order valence-electron chi connectivity index (χ3n) is 4.90. The van der Waals surface area contributed by atoms with Crippen LogP contribution in [-0.2, 0) is 16.0 Å². The lowest BCUT2D eigenvalue weighted by Crippen LogP contribution is -2.51. The molecule has 2 amide bonds. The number of piperazine rings is 1. The Morgan fingerprint density at radius 2 is 1.83 bits per heavy atom. The van der Waals surface area contributed by atoms with E-state index in [1.165, 1.54) is 11.1 Å². The van der Waals surface area contributed by atoms with Gasteiger partial charge in [-0.3, -0.25) is 14.5 Å². The summed E-state index contributed by atoms with van der Waals surface area (Å²) in [6.45, 7) is 5.57. The smallest absolute Gasteiger partial charge is 0.234 e. The second-order valence-corrected chi connectivity index (χ2v) is 6.93. The molecular weight excluding hydrogens is 302 g/mol. The Hall–Kier alpha value is -1.88. The number of aryl methyl sites for hydroxylation is 2. The van der Waals surface area contributed by atoms with Crippen LogP contribution in [0.5, 0.6) is 0 Å². The highest BCUT2D eigenvalue weighted by molar-refractivity contribution is 5.79. The molecule has 0 radical (unpaired) electrons. The van der Waals surface area contributed by atoms with E-state index in [4.69, 9.17) is 0 Å². The summed E-state index contributed by atoms with van der Waals surface area (Å²) in [4.78, 5) is 28.3. The van der Waals surface area contributed by atoms with Gasteiger partial charge in [-0.1, -0.05) is 24.3 Å². The predicted octanol–water partition coefficient (Wildman–Crippen LogP) is 1.35. The third kappa shape index (κ3) is 4.81. The van der Waals surface area contributed by atoms with Gasteiger partial charge in [-0.25, -0.2) is 0 Å². The van der Waals surface area contributed by atoms with E-state index in [0.29, 0.717) is 19.0 Å². The van der Waals surface area contributed by atoms with Crippen LogP contribution in [0, 0.1) is 6.92 Å². The molecule has 3 rings (SSSR count). The molecule has 1 aliphatic heterocycles. The fraction of sp³-hybridized carbons (Fsp3) is 0.579. The summed E-state index contributed by atoms with van der Waals surface area (Å²) in [6.07, 6.45) is 3.60. The molecule has 5 heteroatoms. The molecule has 1 saturated carbocycles. The van der Waals surface area contributed by atoms with Crippen LogP contribution in [0.25, 0.3) is 0 Å². The van der Waals surface area contributed by atoms with E-state index in [1.54, 1.807) is 0 Å². The second-order valence-electron chi connectivity index (χ2n) is 6.93. The number of carbonyl (C=O) groups is 2. The minimum Gasteiger partial charge on any atom is -0.352 e. The normalized spacial score (nSPS) is 18.5. The highest BCUT2D eigenvalue weighted by atomic mass is 16.2. The molecular formula is C19H27N3O2. The average Bonchev–Trinajstić information content (AvgIpc) is 3.38. The maximum absolute atomic E-state index is 12.4. The van der Waals surface area contributed by atoms with Crippen molar-refractivity contribution in [2.75, 3.05) is 32.7 Å². The van der Waals surface area contributed by atoms with Crippen molar-refractivity contribution < 1.29 is 9.59 Å². The first kappa shape index (κ1) is 17.0. The second kappa shape index (κ2) is 7.79. The average molecular weight is 329 g/mol. The number of hydrogen-bond acceptors (Lipinski definition) is 3. The van der Waals surface area contributed by atoms with E-state index in [9.17, 15) is 9.59 Å². The van der Waals surface area contributed by atoms with E-state index >= 15 is 0 Å². The number of hydrogen-bond donors (Lipinski definition) is 1. The number of carbonyl (C=O) groups excluding carboxylic acids is 2. The maximum Gasteiger partial charge on any atom is 0.234 e. The van der Waals surface area contributed by atoms with Gasteiger partial charge in [-0.15, -0.1) is 0 Å². The summed E-state index contributed by atoms with van der Waals surface area (Å²) in [5.41, 5.74) is 2.50. The lowest BCUT2D eigenvalue weighted by molar-refractivity contribution is -0.133. The molecule has 1 saturated heterocycles. The molecule has 5 nitrogen and oxygen atoms in total. The largest absolute Gasteiger partial charge is 0.352 e. The summed E-state index contributed by atoms with van der Waals surface area (Å²) >= 11 is 0. The fourth-order valence-corrected chi connectivity index (χ4v) is 3.15. The zero-order valence-corrected chi connectivity index (χ0v) is 14.5. The molecule has 1 N–H and O–H groups in total. The van der Waals surface area contributed by atoms with Gasteiger partial charge in [0.05, 0.1) is 6.54 Å². The van der Waals surface area contributed by atoms with Crippen molar-refractivity contribution in [2.24, 2.45) is 0 Å². The van der Waals surface area contributed by atoms with Gasteiger partial charge in [-0.2, -0.15) is 0 Å². The number of amides is 2. The zero-order chi connectivity index (χ0) is 16.9. The molecule has 1 aromatic rings. The van der Waals surface area contributed by atoms with Gasteiger partial charge in [0.1, 0.15) is 0 Å². The van der Waals surface area contributed by atoms with Gasteiger partial charge in [-0.05, 0) is 37.3 Å². The molecule has 1 aromatic carbocycles.